The average molecular weight is 217 g/mol. The van der Waals surface area contributed by atoms with Gasteiger partial charge in [0.25, 0.3) is 0 Å². The van der Waals surface area contributed by atoms with E-state index in [2.05, 4.69) is 31.2 Å². The molecule has 0 spiro atoms. The molecule has 2 aliphatic carbocycles. The molecule has 0 amide bonds. The SMILES string of the molecule is CC1(C(N)c2ccc(OC3CC3)cc2)CC1. The van der Waals surface area contributed by atoms with Crippen molar-refractivity contribution in [3.8, 4) is 5.75 Å². The summed E-state index contributed by atoms with van der Waals surface area (Å²) < 4.78 is 5.72. The lowest BCUT2D eigenvalue weighted by molar-refractivity contribution is 0.303. The van der Waals surface area contributed by atoms with Crippen LogP contribution in [0.4, 0.5) is 0 Å². The van der Waals surface area contributed by atoms with Gasteiger partial charge in [0.05, 0.1) is 6.10 Å². The van der Waals surface area contributed by atoms with Crippen molar-refractivity contribution in [3.05, 3.63) is 29.8 Å². The van der Waals surface area contributed by atoms with Crippen molar-refractivity contribution >= 4 is 0 Å². The van der Waals surface area contributed by atoms with E-state index in [0.717, 1.165) is 5.75 Å². The summed E-state index contributed by atoms with van der Waals surface area (Å²) in [5.74, 6) is 0.986. The Balaban J connectivity index is 1.71. The molecule has 2 aliphatic rings. The lowest BCUT2D eigenvalue weighted by atomic mass is 9.93. The van der Waals surface area contributed by atoms with Crippen LogP contribution in [0.15, 0.2) is 24.3 Å². The molecule has 1 aromatic carbocycles. The normalized spacial score (nSPS) is 23.9. The molecule has 3 rings (SSSR count). The van der Waals surface area contributed by atoms with Gasteiger partial charge in [0.1, 0.15) is 5.75 Å². The van der Waals surface area contributed by atoms with E-state index in [-0.39, 0.29) is 6.04 Å². The topological polar surface area (TPSA) is 35.2 Å². The maximum Gasteiger partial charge on any atom is 0.119 e. The van der Waals surface area contributed by atoms with E-state index in [1.165, 1.54) is 31.2 Å². The zero-order valence-electron chi connectivity index (χ0n) is 9.78. The van der Waals surface area contributed by atoms with Gasteiger partial charge in [-0.05, 0) is 48.8 Å². The van der Waals surface area contributed by atoms with Gasteiger partial charge in [0.2, 0.25) is 0 Å². The average Bonchev–Trinajstić information content (AvgIpc) is 3.18. The van der Waals surface area contributed by atoms with Crippen LogP contribution in [0, 0.1) is 5.41 Å². The van der Waals surface area contributed by atoms with Gasteiger partial charge in [0, 0.05) is 6.04 Å². The third kappa shape index (κ3) is 1.94. The molecule has 0 aromatic heterocycles. The van der Waals surface area contributed by atoms with Crippen LogP contribution in [0.1, 0.15) is 44.2 Å². The van der Waals surface area contributed by atoms with Gasteiger partial charge >= 0.3 is 0 Å². The highest BCUT2D eigenvalue weighted by Gasteiger charge is 2.43. The first-order chi connectivity index (χ1) is 7.67. The van der Waals surface area contributed by atoms with Crippen molar-refractivity contribution in [2.75, 3.05) is 0 Å². The van der Waals surface area contributed by atoms with Gasteiger partial charge < -0.3 is 10.5 Å². The second kappa shape index (κ2) is 3.49. The predicted molar refractivity (Wildman–Crippen MR) is 64.4 cm³/mol. The minimum atomic E-state index is 0.183. The maximum atomic E-state index is 6.26. The van der Waals surface area contributed by atoms with Crippen LogP contribution in [-0.4, -0.2) is 6.10 Å². The van der Waals surface area contributed by atoms with E-state index in [9.17, 15) is 0 Å². The lowest BCUT2D eigenvalue weighted by Gasteiger charge is -2.19. The van der Waals surface area contributed by atoms with Crippen LogP contribution in [0.25, 0.3) is 0 Å². The van der Waals surface area contributed by atoms with Crippen LogP contribution in [0.3, 0.4) is 0 Å². The Morgan fingerprint density at radius 3 is 2.38 bits per heavy atom. The van der Waals surface area contributed by atoms with Gasteiger partial charge in [0.15, 0.2) is 0 Å². The summed E-state index contributed by atoms with van der Waals surface area (Å²) in [4.78, 5) is 0. The Morgan fingerprint density at radius 1 is 1.25 bits per heavy atom. The van der Waals surface area contributed by atoms with Crippen molar-refractivity contribution in [3.63, 3.8) is 0 Å². The number of hydrogen-bond donors (Lipinski definition) is 1. The third-order valence-corrected chi connectivity index (χ3v) is 3.86. The molecule has 1 unspecified atom stereocenters. The van der Waals surface area contributed by atoms with Crippen LogP contribution in [0.5, 0.6) is 5.75 Å². The molecule has 2 nitrogen and oxygen atoms in total. The van der Waals surface area contributed by atoms with Crippen molar-refractivity contribution in [1.82, 2.24) is 0 Å². The molecule has 0 bridgehead atoms. The Bertz CT molecular complexity index is 376. The zero-order chi connectivity index (χ0) is 11.2. The van der Waals surface area contributed by atoms with E-state index in [1.807, 2.05) is 0 Å². The van der Waals surface area contributed by atoms with Crippen LogP contribution < -0.4 is 10.5 Å². The molecule has 2 saturated carbocycles. The molecular formula is C14H19NO. The fraction of sp³-hybridized carbons (Fsp3) is 0.571. The summed E-state index contributed by atoms with van der Waals surface area (Å²) in [7, 11) is 0. The van der Waals surface area contributed by atoms with Crippen molar-refractivity contribution in [2.45, 2.75) is 44.8 Å². The Hall–Kier alpha value is -1.02. The predicted octanol–water partition coefficient (Wildman–Crippen LogP) is 3.03. The molecule has 86 valence electrons. The quantitative estimate of drug-likeness (QED) is 0.841. The van der Waals surface area contributed by atoms with Gasteiger partial charge in [-0.15, -0.1) is 0 Å². The first-order valence-corrected chi connectivity index (χ1v) is 6.20. The lowest BCUT2D eigenvalue weighted by Crippen LogP contribution is -2.19. The molecular weight excluding hydrogens is 198 g/mol. The third-order valence-electron chi connectivity index (χ3n) is 3.86. The van der Waals surface area contributed by atoms with Crippen molar-refractivity contribution in [1.29, 1.82) is 0 Å². The number of ether oxygens (including phenoxy) is 1. The fourth-order valence-corrected chi connectivity index (χ4v) is 2.04. The molecule has 2 fully saturated rings. The van der Waals surface area contributed by atoms with Gasteiger partial charge in [-0.1, -0.05) is 19.1 Å². The van der Waals surface area contributed by atoms with Gasteiger partial charge in [-0.3, -0.25) is 0 Å². The van der Waals surface area contributed by atoms with E-state index in [0.29, 0.717) is 11.5 Å². The molecule has 2 heteroatoms. The highest BCUT2D eigenvalue weighted by Crippen LogP contribution is 2.53. The highest BCUT2D eigenvalue weighted by molar-refractivity contribution is 5.31. The van der Waals surface area contributed by atoms with Gasteiger partial charge in [-0.25, -0.2) is 0 Å². The Morgan fingerprint density at radius 2 is 1.88 bits per heavy atom. The smallest absolute Gasteiger partial charge is 0.119 e. The number of nitrogens with two attached hydrogens (primary N) is 1. The van der Waals surface area contributed by atoms with Gasteiger partial charge in [-0.2, -0.15) is 0 Å². The minimum Gasteiger partial charge on any atom is -0.490 e. The number of hydrogen-bond acceptors (Lipinski definition) is 2. The van der Waals surface area contributed by atoms with Crippen LogP contribution in [-0.2, 0) is 0 Å². The largest absolute Gasteiger partial charge is 0.490 e. The summed E-state index contributed by atoms with van der Waals surface area (Å²) in [6.45, 7) is 2.27. The van der Waals surface area contributed by atoms with E-state index < -0.39 is 0 Å². The Labute approximate surface area is 96.8 Å². The van der Waals surface area contributed by atoms with E-state index in [1.54, 1.807) is 0 Å². The Kier molecular flexibility index (Phi) is 2.21. The number of rotatable bonds is 4. The minimum absolute atomic E-state index is 0.183. The molecule has 0 saturated heterocycles. The summed E-state index contributed by atoms with van der Waals surface area (Å²) >= 11 is 0. The molecule has 0 aliphatic heterocycles. The molecule has 1 atom stereocenters. The highest BCUT2D eigenvalue weighted by atomic mass is 16.5. The number of benzene rings is 1. The second-order valence-corrected chi connectivity index (χ2v) is 5.52. The summed E-state index contributed by atoms with van der Waals surface area (Å²) in [6.07, 6.45) is 5.40. The molecule has 2 N–H and O–H groups in total. The summed E-state index contributed by atoms with van der Waals surface area (Å²) in [5.41, 5.74) is 7.84. The standard InChI is InChI=1S/C14H19NO/c1-14(8-9-14)13(15)10-2-4-11(5-3-10)16-12-6-7-12/h2-5,12-13H,6-9,15H2,1H3. The summed E-state index contributed by atoms with van der Waals surface area (Å²) in [6, 6.07) is 8.53. The van der Waals surface area contributed by atoms with Crippen LogP contribution in [0.2, 0.25) is 0 Å². The van der Waals surface area contributed by atoms with Crippen molar-refractivity contribution < 1.29 is 4.74 Å². The van der Waals surface area contributed by atoms with Crippen molar-refractivity contribution in [2.24, 2.45) is 11.1 Å². The maximum absolute atomic E-state index is 6.26. The molecule has 1 aromatic rings. The van der Waals surface area contributed by atoms with E-state index >= 15 is 0 Å². The molecule has 0 radical (unpaired) electrons. The van der Waals surface area contributed by atoms with Crippen LogP contribution >= 0.6 is 0 Å². The molecule has 0 heterocycles. The fourth-order valence-electron chi connectivity index (χ4n) is 2.04. The first kappa shape index (κ1) is 10.2. The summed E-state index contributed by atoms with van der Waals surface area (Å²) in [5, 5.41) is 0. The zero-order valence-corrected chi connectivity index (χ0v) is 9.78. The second-order valence-electron chi connectivity index (χ2n) is 5.52. The van der Waals surface area contributed by atoms with E-state index in [4.69, 9.17) is 10.5 Å². The molecule has 16 heavy (non-hydrogen) atoms. The first-order valence-electron chi connectivity index (χ1n) is 6.20. The monoisotopic (exact) mass is 217 g/mol.